The van der Waals surface area contributed by atoms with Crippen molar-refractivity contribution in [2.24, 2.45) is 0 Å². The predicted molar refractivity (Wildman–Crippen MR) is 72.8 cm³/mol. The molecule has 0 saturated heterocycles. The van der Waals surface area contributed by atoms with Gasteiger partial charge in [0.2, 0.25) is 0 Å². The highest BCUT2D eigenvalue weighted by Crippen LogP contribution is 2.12. The fourth-order valence-electron chi connectivity index (χ4n) is 1.97. The number of esters is 1. The van der Waals surface area contributed by atoms with E-state index < -0.39 is 0 Å². The monoisotopic (exact) mass is 258 g/mol. The van der Waals surface area contributed by atoms with Crippen molar-refractivity contribution in [3.05, 3.63) is 53.3 Å². The number of hydrogen-bond acceptors (Lipinski definition) is 3. The number of aromatic nitrogens is 2. The quantitative estimate of drug-likeness (QED) is 0.773. The van der Waals surface area contributed by atoms with Gasteiger partial charge in [0, 0.05) is 12.6 Å². The minimum atomic E-state index is -0.253. The minimum absolute atomic E-state index is 0.170. The van der Waals surface area contributed by atoms with Crippen LogP contribution < -0.4 is 0 Å². The Labute approximate surface area is 113 Å². The summed E-state index contributed by atoms with van der Waals surface area (Å²) in [5.74, 6) is -0.253. The normalized spacial score (nSPS) is 10.4. The molecule has 0 aliphatic rings. The molecule has 0 unspecified atom stereocenters. The molecule has 1 aromatic carbocycles. The number of rotatable bonds is 5. The van der Waals surface area contributed by atoms with Crippen LogP contribution in [0.4, 0.5) is 0 Å². The molecular formula is C15H18N2O2. The lowest BCUT2D eigenvalue weighted by Crippen LogP contribution is -2.13. The Morgan fingerprint density at radius 2 is 2.05 bits per heavy atom. The Morgan fingerprint density at radius 3 is 2.74 bits per heavy atom. The summed E-state index contributed by atoms with van der Waals surface area (Å²) in [6.07, 6.45) is 2.74. The summed E-state index contributed by atoms with van der Waals surface area (Å²) in [6.45, 7) is 4.33. The van der Waals surface area contributed by atoms with Gasteiger partial charge in [-0.3, -0.25) is 9.48 Å². The second-order valence-corrected chi connectivity index (χ2v) is 4.40. The van der Waals surface area contributed by atoms with Crippen LogP contribution in [0.3, 0.4) is 0 Å². The first-order chi connectivity index (χ1) is 9.19. The van der Waals surface area contributed by atoms with Crippen molar-refractivity contribution in [3.63, 3.8) is 0 Å². The van der Waals surface area contributed by atoms with Crippen molar-refractivity contribution < 1.29 is 9.53 Å². The Morgan fingerprint density at radius 1 is 1.32 bits per heavy atom. The highest BCUT2D eigenvalue weighted by atomic mass is 16.5. The van der Waals surface area contributed by atoms with Crippen LogP contribution in [-0.4, -0.2) is 22.4 Å². The molecule has 0 spiro atoms. The summed E-state index contributed by atoms with van der Waals surface area (Å²) in [5.41, 5.74) is 3.32. The van der Waals surface area contributed by atoms with E-state index in [0.29, 0.717) is 6.61 Å². The molecule has 1 aromatic heterocycles. The SMILES string of the molecule is CCOC(=O)Cn1cc(Cc2ccccc2)c(C)n1. The number of ether oxygens (including phenoxy) is 1. The van der Waals surface area contributed by atoms with Gasteiger partial charge >= 0.3 is 5.97 Å². The molecule has 0 N–H and O–H groups in total. The van der Waals surface area contributed by atoms with Crippen LogP contribution >= 0.6 is 0 Å². The molecule has 1 heterocycles. The largest absolute Gasteiger partial charge is 0.465 e. The van der Waals surface area contributed by atoms with Gasteiger partial charge in [-0.15, -0.1) is 0 Å². The fourth-order valence-corrected chi connectivity index (χ4v) is 1.97. The van der Waals surface area contributed by atoms with Gasteiger partial charge in [-0.2, -0.15) is 5.10 Å². The molecule has 4 nitrogen and oxygen atoms in total. The van der Waals surface area contributed by atoms with Crippen molar-refractivity contribution in [3.8, 4) is 0 Å². The van der Waals surface area contributed by atoms with Gasteiger partial charge in [0.05, 0.1) is 12.3 Å². The standard InChI is InChI=1S/C15H18N2O2/c1-3-19-15(18)11-17-10-14(12(2)16-17)9-13-7-5-4-6-8-13/h4-8,10H,3,9,11H2,1-2H3. The van der Waals surface area contributed by atoms with E-state index in [1.54, 1.807) is 11.6 Å². The van der Waals surface area contributed by atoms with E-state index in [4.69, 9.17) is 4.74 Å². The first kappa shape index (κ1) is 13.3. The summed E-state index contributed by atoms with van der Waals surface area (Å²) < 4.78 is 6.56. The summed E-state index contributed by atoms with van der Waals surface area (Å²) in [5, 5.41) is 4.34. The Balaban J connectivity index is 2.07. The maximum absolute atomic E-state index is 11.4. The third-order valence-electron chi connectivity index (χ3n) is 2.88. The summed E-state index contributed by atoms with van der Waals surface area (Å²) >= 11 is 0. The third-order valence-corrected chi connectivity index (χ3v) is 2.88. The Hall–Kier alpha value is -2.10. The molecule has 2 rings (SSSR count). The van der Waals surface area contributed by atoms with E-state index in [1.807, 2.05) is 31.3 Å². The van der Waals surface area contributed by atoms with Crippen LogP contribution in [0.5, 0.6) is 0 Å². The number of benzene rings is 1. The van der Waals surface area contributed by atoms with Crippen molar-refractivity contribution in [2.45, 2.75) is 26.8 Å². The van der Waals surface area contributed by atoms with Gasteiger partial charge in [0.25, 0.3) is 0 Å². The Bertz CT molecular complexity index is 547. The molecule has 0 bridgehead atoms. The molecule has 19 heavy (non-hydrogen) atoms. The smallest absolute Gasteiger partial charge is 0.327 e. The second-order valence-electron chi connectivity index (χ2n) is 4.40. The second kappa shape index (κ2) is 6.18. The van der Waals surface area contributed by atoms with E-state index in [-0.39, 0.29) is 12.5 Å². The van der Waals surface area contributed by atoms with E-state index in [9.17, 15) is 4.79 Å². The number of carbonyl (C=O) groups is 1. The first-order valence-electron chi connectivity index (χ1n) is 6.41. The van der Waals surface area contributed by atoms with Crippen LogP contribution in [0.1, 0.15) is 23.7 Å². The van der Waals surface area contributed by atoms with Gasteiger partial charge in [-0.1, -0.05) is 30.3 Å². The molecule has 0 aliphatic heterocycles. The number of hydrogen-bond donors (Lipinski definition) is 0. The van der Waals surface area contributed by atoms with Crippen molar-refractivity contribution in [1.82, 2.24) is 9.78 Å². The molecule has 100 valence electrons. The molecule has 0 saturated carbocycles. The van der Waals surface area contributed by atoms with E-state index in [2.05, 4.69) is 17.2 Å². The van der Waals surface area contributed by atoms with Gasteiger partial charge in [-0.25, -0.2) is 0 Å². The average molecular weight is 258 g/mol. The predicted octanol–water partition coefficient (Wildman–Crippen LogP) is 2.35. The average Bonchev–Trinajstić information content (AvgIpc) is 2.71. The Kier molecular flexibility index (Phi) is 4.34. The fraction of sp³-hybridized carbons (Fsp3) is 0.333. The van der Waals surface area contributed by atoms with Gasteiger partial charge in [0.15, 0.2) is 0 Å². The zero-order valence-electron chi connectivity index (χ0n) is 11.3. The highest BCUT2D eigenvalue weighted by molar-refractivity contribution is 5.69. The zero-order chi connectivity index (χ0) is 13.7. The number of carbonyl (C=O) groups excluding carboxylic acids is 1. The lowest BCUT2D eigenvalue weighted by atomic mass is 10.1. The topological polar surface area (TPSA) is 44.1 Å². The molecule has 4 heteroatoms. The van der Waals surface area contributed by atoms with Gasteiger partial charge in [-0.05, 0) is 25.0 Å². The highest BCUT2D eigenvalue weighted by Gasteiger charge is 2.09. The third kappa shape index (κ3) is 3.68. The lowest BCUT2D eigenvalue weighted by molar-refractivity contribution is -0.144. The van der Waals surface area contributed by atoms with Crippen LogP contribution in [0.25, 0.3) is 0 Å². The summed E-state index contributed by atoms with van der Waals surface area (Å²) in [7, 11) is 0. The van der Waals surface area contributed by atoms with Gasteiger partial charge in [0.1, 0.15) is 6.54 Å². The summed E-state index contributed by atoms with van der Waals surface area (Å²) in [6, 6.07) is 10.2. The zero-order valence-corrected chi connectivity index (χ0v) is 11.3. The van der Waals surface area contributed by atoms with E-state index >= 15 is 0 Å². The van der Waals surface area contributed by atoms with E-state index in [1.165, 1.54) is 5.56 Å². The molecule has 0 amide bonds. The minimum Gasteiger partial charge on any atom is -0.465 e. The van der Waals surface area contributed by atoms with Crippen molar-refractivity contribution >= 4 is 5.97 Å². The van der Waals surface area contributed by atoms with Crippen molar-refractivity contribution in [2.75, 3.05) is 6.61 Å². The molecule has 0 radical (unpaired) electrons. The van der Waals surface area contributed by atoms with Crippen LogP contribution in [0, 0.1) is 6.92 Å². The van der Waals surface area contributed by atoms with Crippen LogP contribution in [0.15, 0.2) is 36.5 Å². The number of nitrogens with zero attached hydrogens (tertiary/aromatic N) is 2. The molecule has 2 aromatic rings. The number of aryl methyl sites for hydroxylation is 1. The van der Waals surface area contributed by atoms with Crippen LogP contribution in [0.2, 0.25) is 0 Å². The molecule has 0 aliphatic carbocycles. The maximum Gasteiger partial charge on any atom is 0.327 e. The lowest BCUT2D eigenvalue weighted by Gasteiger charge is -2.01. The van der Waals surface area contributed by atoms with Crippen molar-refractivity contribution in [1.29, 1.82) is 0 Å². The van der Waals surface area contributed by atoms with E-state index in [0.717, 1.165) is 17.7 Å². The molecular weight excluding hydrogens is 240 g/mol. The summed E-state index contributed by atoms with van der Waals surface area (Å²) in [4.78, 5) is 11.4. The van der Waals surface area contributed by atoms with Crippen LogP contribution in [-0.2, 0) is 22.5 Å². The maximum atomic E-state index is 11.4. The first-order valence-corrected chi connectivity index (χ1v) is 6.41. The van der Waals surface area contributed by atoms with Gasteiger partial charge < -0.3 is 4.74 Å². The molecule has 0 fully saturated rings. The molecule has 0 atom stereocenters.